The Labute approximate surface area is 125 Å². The van der Waals surface area contributed by atoms with E-state index in [9.17, 15) is 4.79 Å². The lowest BCUT2D eigenvalue weighted by Crippen LogP contribution is -2.27. The summed E-state index contributed by atoms with van der Waals surface area (Å²) >= 11 is 0. The monoisotopic (exact) mass is 281 g/mol. The predicted octanol–water partition coefficient (Wildman–Crippen LogP) is 2.84. The summed E-state index contributed by atoms with van der Waals surface area (Å²) in [5.41, 5.74) is 1.15. The molecule has 2 rings (SSSR count). The molecule has 0 aliphatic carbocycles. The van der Waals surface area contributed by atoms with Crippen LogP contribution in [0, 0.1) is 12.3 Å². The molecule has 0 aliphatic heterocycles. The molecular formula is C18H19NO2. The molecule has 1 amide bonds. The highest BCUT2D eigenvalue weighted by Crippen LogP contribution is 2.19. The van der Waals surface area contributed by atoms with Crippen LogP contribution >= 0.6 is 0 Å². The van der Waals surface area contributed by atoms with Crippen LogP contribution in [0.25, 0.3) is 10.8 Å². The Morgan fingerprint density at radius 2 is 2.00 bits per heavy atom. The topological polar surface area (TPSA) is 29.5 Å². The Hall–Kier alpha value is -2.31. The van der Waals surface area contributed by atoms with E-state index in [0.717, 1.165) is 5.56 Å². The second kappa shape index (κ2) is 7.47. The first-order valence-electron chi connectivity index (χ1n) is 6.94. The first-order valence-corrected chi connectivity index (χ1v) is 6.94. The van der Waals surface area contributed by atoms with Gasteiger partial charge in [0.15, 0.2) is 0 Å². The summed E-state index contributed by atoms with van der Waals surface area (Å²) in [5, 5.41) is 2.37. The quantitative estimate of drug-likeness (QED) is 0.602. The summed E-state index contributed by atoms with van der Waals surface area (Å²) in [6.45, 7) is 1.21. The van der Waals surface area contributed by atoms with E-state index >= 15 is 0 Å². The van der Waals surface area contributed by atoms with Crippen LogP contribution in [0.2, 0.25) is 0 Å². The van der Waals surface area contributed by atoms with E-state index in [-0.39, 0.29) is 12.5 Å². The van der Waals surface area contributed by atoms with Gasteiger partial charge in [-0.3, -0.25) is 4.79 Å². The van der Waals surface area contributed by atoms with Gasteiger partial charge in [0.1, 0.15) is 6.61 Å². The van der Waals surface area contributed by atoms with Gasteiger partial charge in [0.2, 0.25) is 5.91 Å². The van der Waals surface area contributed by atoms with E-state index in [0.29, 0.717) is 19.6 Å². The van der Waals surface area contributed by atoms with Crippen LogP contribution in [0.5, 0.6) is 0 Å². The van der Waals surface area contributed by atoms with Gasteiger partial charge >= 0.3 is 0 Å². The predicted molar refractivity (Wildman–Crippen MR) is 84.7 cm³/mol. The van der Waals surface area contributed by atoms with E-state index in [2.05, 4.69) is 30.2 Å². The molecule has 0 atom stereocenters. The maximum atomic E-state index is 12.0. The lowest BCUT2D eigenvalue weighted by molar-refractivity contribution is -0.131. The highest BCUT2D eigenvalue weighted by molar-refractivity contribution is 5.86. The summed E-state index contributed by atoms with van der Waals surface area (Å²) in [4.78, 5) is 13.8. The van der Waals surface area contributed by atoms with Crippen molar-refractivity contribution in [2.24, 2.45) is 0 Å². The second-order valence-electron chi connectivity index (χ2n) is 4.89. The van der Waals surface area contributed by atoms with E-state index in [1.54, 1.807) is 4.90 Å². The fraction of sp³-hybridized carbons (Fsp3) is 0.278. The summed E-state index contributed by atoms with van der Waals surface area (Å²) in [6.07, 6.45) is 5.44. The normalized spacial score (nSPS) is 10.3. The summed E-state index contributed by atoms with van der Waals surface area (Å²) in [5.74, 6) is 2.44. The van der Waals surface area contributed by atoms with Crippen molar-refractivity contribution in [3.63, 3.8) is 0 Å². The van der Waals surface area contributed by atoms with Gasteiger partial charge in [-0.05, 0) is 16.3 Å². The molecule has 3 heteroatoms. The molecule has 0 spiro atoms. The minimum atomic E-state index is 0.0555. The van der Waals surface area contributed by atoms with Gasteiger partial charge in [0.25, 0.3) is 0 Å². The molecular weight excluding hydrogens is 262 g/mol. The zero-order chi connectivity index (χ0) is 15.1. The number of hydrogen-bond acceptors (Lipinski definition) is 2. The van der Waals surface area contributed by atoms with Gasteiger partial charge in [-0.25, -0.2) is 0 Å². The third-order valence-corrected chi connectivity index (χ3v) is 3.36. The first-order chi connectivity index (χ1) is 10.2. The average Bonchev–Trinajstić information content (AvgIpc) is 2.51. The van der Waals surface area contributed by atoms with Crippen LogP contribution in [0.15, 0.2) is 42.5 Å². The number of carbonyl (C=O) groups is 1. The summed E-state index contributed by atoms with van der Waals surface area (Å²) < 4.78 is 5.14. The molecule has 0 fully saturated rings. The van der Waals surface area contributed by atoms with Crippen molar-refractivity contribution < 1.29 is 9.53 Å². The summed E-state index contributed by atoms with van der Waals surface area (Å²) in [7, 11) is 1.81. The number of nitrogens with zero attached hydrogens (tertiary/aromatic N) is 1. The highest BCUT2D eigenvalue weighted by atomic mass is 16.5. The molecule has 0 bridgehead atoms. The molecule has 21 heavy (non-hydrogen) atoms. The molecule has 0 saturated carbocycles. The zero-order valence-corrected chi connectivity index (χ0v) is 12.2. The molecule has 108 valence electrons. The number of amides is 1. The van der Waals surface area contributed by atoms with Crippen molar-refractivity contribution in [2.75, 3.05) is 20.3 Å². The van der Waals surface area contributed by atoms with Crippen LogP contribution in [0.3, 0.4) is 0 Å². The number of fused-ring (bicyclic) bond motifs is 1. The average molecular weight is 281 g/mol. The maximum absolute atomic E-state index is 12.0. The molecule has 3 nitrogen and oxygen atoms in total. The Morgan fingerprint density at radius 1 is 1.24 bits per heavy atom. The number of benzene rings is 2. The molecule has 0 heterocycles. The van der Waals surface area contributed by atoms with E-state index in [4.69, 9.17) is 11.2 Å². The number of terminal acetylenes is 1. The van der Waals surface area contributed by atoms with Gasteiger partial charge in [-0.15, -0.1) is 6.42 Å². The zero-order valence-electron chi connectivity index (χ0n) is 12.2. The Morgan fingerprint density at radius 3 is 2.81 bits per heavy atom. The van der Waals surface area contributed by atoms with Crippen LogP contribution in [-0.2, 0) is 16.1 Å². The third-order valence-electron chi connectivity index (χ3n) is 3.36. The van der Waals surface area contributed by atoms with Gasteiger partial charge in [-0.2, -0.15) is 0 Å². The van der Waals surface area contributed by atoms with Crippen molar-refractivity contribution in [2.45, 2.75) is 13.0 Å². The minimum Gasteiger partial charge on any atom is -0.368 e. The molecule has 2 aromatic rings. The molecule has 0 saturated heterocycles. The lowest BCUT2D eigenvalue weighted by Gasteiger charge is -2.18. The fourth-order valence-corrected chi connectivity index (χ4v) is 2.26. The van der Waals surface area contributed by atoms with Crippen molar-refractivity contribution in [3.05, 3.63) is 48.0 Å². The smallest absolute Gasteiger partial charge is 0.224 e. The third kappa shape index (κ3) is 4.08. The number of rotatable bonds is 6. The Balaban J connectivity index is 1.99. The molecule has 0 N–H and O–H groups in total. The number of ether oxygens (including phenoxy) is 1. The SMILES string of the molecule is C#CCOCCC(=O)N(C)Cc1cccc2ccccc12. The largest absolute Gasteiger partial charge is 0.368 e. The number of hydrogen-bond donors (Lipinski definition) is 0. The minimum absolute atomic E-state index is 0.0555. The van der Waals surface area contributed by atoms with E-state index < -0.39 is 0 Å². The molecule has 0 aliphatic rings. The van der Waals surface area contributed by atoms with E-state index in [1.165, 1.54) is 10.8 Å². The molecule has 0 aromatic heterocycles. The van der Waals surface area contributed by atoms with Crippen LogP contribution in [0.4, 0.5) is 0 Å². The van der Waals surface area contributed by atoms with Crippen LogP contribution < -0.4 is 0 Å². The first kappa shape index (κ1) is 15.1. The Bertz CT molecular complexity index is 652. The maximum Gasteiger partial charge on any atom is 0.224 e. The van der Waals surface area contributed by atoms with Crippen molar-refractivity contribution >= 4 is 16.7 Å². The summed E-state index contributed by atoms with van der Waals surface area (Å²) in [6, 6.07) is 14.3. The number of carbonyl (C=O) groups excluding carboxylic acids is 1. The second-order valence-corrected chi connectivity index (χ2v) is 4.89. The lowest BCUT2D eigenvalue weighted by atomic mass is 10.0. The van der Waals surface area contributed by atoms with Crippen LogP contribution in [0.1, 0.15) is 12.0 Å². The van der Waals surface area contributed by atoms with Gasteiger partial charge in [0, 0.05) is 13.6 Å². The van der Waals surface area contributed by atoms with Gasteiger partial charge in [0.05, 0.1) is 13.0 Å². The van der Waals surface area contributed by atoms with Crippen LogP contribution in [-0.4, -0.2) is 31.1 Å². The molecule has 2 aromatic carbocycles. The van der Waals surface area contributed by atoms with Crippen molar-refractivity contribution in [3.8, 4) is 12.3 Å². The fourth-order valence-electron chi connectivity index (χ4n) is 2.26. The Kier molecular flexibility index (Phi) is 5.36. The van der Waals surface area contributed by atoms with Crippen molar-refractivity contribution in [1.29, 1.82) is 0 Å². The van der Waals surface area contributed by atoms with Gasteiger partial charge < -0.3 is 9.64 Å². The van der Waals surface area contributed by atoms with Gasteiger partial charge in [-0.1, -0.05) is 48.4 Å². The molecule has 0 radical (unpaired) electrons. The highest BCUT2D eigenvalue weighted by Gasteiger charge is 2.10. The standard InChI is InChI=1S/C18H19NO2/c1-3-12-21-13-11-18(20)19(2)14-16-9-6-8-15-7-4-5-10-17(15)16/h1,4-10H,11-14H2,2H3. The molecule has 0 unspecified atom stereocenters. The van der Waals surface area contributed by atoms with Crippen molar-refractivity contribution in [1.82, 2.24) is 4.90 Å². The van der Waals surface area contributed by atoms with E-state index in [1.807, 2.05) is 25.2 Å².